The van der Waals surface area contributed by atoms with Crippen molar-refractivity contribution in [2.45, 2.75) is 25.7 Å². The van der Waals surface area contributed by atoms with Crippen LogP contribution in [-0.4, -0.2) is 10.1 Å². The SMILES string of the molecule is Cc1cc(N)sc1-c1nc(C2CC2)no1. The van der Waals surface area contributed by atoms with Gasteiger partial charge in [0.1, 0.15) is 0 Å². The van der Waals surface area contributed by atoms with Crippen molar-refractivity contribution >= 4 is 16.3 Å². The molecule has 0 atom stereocenters. The van der Waals surface area contributed by atoms with Crippen LogP contribution in [0.15, 0.2) is 10.6 Å². The van der Waals surface area contributed by atoms with Crippen molar-refractivity contribution < 1.29 is 4.52 Å². The monoisotopic (exact) mass is 221 g/mol. The van der Waals surface area contributed by atoms with E-state index in [-0.39, 0.29) is 0 Å². The number of hydrogen-bond acceptors (Lipinski definition) is 5. The Morgan fingerprint density at radius 2 is 2.33 bits per heavy atom. The Morgan fingerprint density at radius 1 is 1.53 bits per heavy atom. The maximum absolute atomic E-state index is 5.72. The predicted molar refractivity (Wildman–Crippen MR) is 58.7 cm³/mol. The summed E-state index contributed by atoms with van der Waals surface area (Å²) in [5, 5.41) is 4.77. The van der Waals surface area contributed by atoms with Crippen molar-refractivity contribution in [1.82, 2.24) is 10.1 Å². The maximum atomic E-state index is 5.72. The van der Waals surface area contributed by atoms with Crippen LogP contribution in [0.3, 0.4) is 0 Å². The predicted octanol–water partition coefficient (Wildman–Crippen LogP) is 2.57. The number of aromatic nitrogens is 2. The van der Waals surface area contributed by atoms with Gasteiger partial charge in [0.15, 0.2) is 5.82 Å². The van der Waals surface area contributed by atoms with Crippen molar-refractivity contribution in [3.05, 3.63) is 17.5 Å². The highest BCUT2D eigenvalue weighted by molar-refractivity contribution is 7.19. The number of rotatable bonds is 2. The Morgan fingerprint density at radius 3 is 2.93 bits per heavy atom. The van der Waals surface area contributed by atoms with Crippen LogP contribution in [0.2, 0.25) is 0 Å². The number of nitrogen functional groups attached to an aromatic ring is 1. The molecule has 3 rings (SSSR count). The summed E-state index contributed by atoms with van der Waals surface area (Å²) in [7, 11) is 0. The first-order valence-corrected chi connectivity index (χ1v) is 5.75. The van der Waals surface area contributed by atoms with E-state index in [0.29, 0.717) is 11.8 Å². The lowest BCUT2D eigenvalue weighted by molar-refractivity contribution is 0.423. The molecule has 1 fully saturated rings. The van der Waals surface area contributed by atoms with E-state index in [4.69, 9.17) is 10.3 Å². The number of aryl methyl sites for hydroxylation is 1. The first-order valence-electron chi connectivity index (χ1n) is 4.94. The van der Waals surface area contributed by atoms with E-state index in [0.717, 1.165) is 21.3 Å². The molecule has 0 aromatic carbocycles. The molecule has 5 heteroatoms. The lowest BCUT2D eigenvalue weighted by atomic mass is 10.3. The minimum Gasteiger partial charge on any atom is -0.391 e. The first-order chi connectivity index (χ1) is 7.24. The molecule has 15 heavy (non-hydrogen) atoms. The smallest absolute Gasteiger partial charge is 0.268 e. The Kier molecular flexibility index (Phi) is 1.82. The molecule has 2 aromatic rings. The van der Waals surface area contributed by atoms with E-state index in [1.807, 2.05) is 13.0 Å². The highest BCUT2D eigenvalue weighted by atomic mass is 32.1. The zero-order valence-electron chi connectivity index (χ0n) is 8.36. The van der Waals surface area contributed by atoms with Gasteiger partial charge < -0.3 is 10.3 Å². The molecule has 0 radical (unpaired) electrons. The molecular weight excluding hydrogens is 210 g/mol. The van der Waals surface area contributed by atoms with Gasteiger partial charge in [-0.25, -0.2) is 0 Å². The van der Waals surface area contributed by atoms with Crippen LogP contribution in [0, 0.1) is 6.92 Å². The third kappa shape index (κ3) is 1.52. The molecule has 0 saturated heterocycles. The number of thiophene rings is 1. The van der Waals surface area contributed by atoms with Crippen molar-refractivity contribution in [2.75, 3.05) is 5.73 Å². The van der Waals surface area contributed by atoms with E-state index in [2.05, 4.69) is 10.1 Å². The average molecular weight is 221 g/mol. The average Bonchev–Trinajstić information content (AvgIpc) is 2.83. The summed E-state index contributed by atoms with van der Waals surface area (Å²) in [6.07, 6.45) is 2.37. The van der Waals surface area contributed by atoms with E-state index >= 15 is 0 Å². The van der Waals surface area contributed by atoms with E-state index in [1.165, 1.54) is 24.2 Å². The highest BCUT2D eigenvalue weighted by Gasteiger charge is 2.29. The van der Waals surface area contributed by atoms with E-state index in [9.17, 15) is 0 Å². The van der Waals surface area contributed by atoms with Crippen LogP contribution < -0.4 is 5.73 Å². The fraction of sp³-hybridized carbons (Fsp3) is 0.400. The second-order valence-corrected chi connectivity index (χ2v) is 4.98. The molecule has 0 bridgehead atoms. The Balaban J connectivity index is 2.00. The van der Waals surface area contributed by atoms with Gasteiger partial charge in [-0.1, -0.05) is 5.16 Å². The van der Waals surface area contributed by atoms with Gasteiger partial charge in [-0.2, -0.15) is 4.98 Å². The number of hydrogen-bond donors (Lipinski definition) is 1. The topological polar surface area (TPSA) is 64.9 Å². The molecule has 0 aliphatic heterocycles. The molecular formula is C10H11N3OS. The summed E-state index contributed by atoms with van der Waals surface area (Å²) >= 11 is 1.49. The van der Waals surface area contributed by atoms with Crippen LogP contribution in [0.5, 0.6) is 0 Å². The molecule has 2 aromatic heterocycles. The number of nitrogens with zero attached hydrogens (tertiary/aromatic N) is 2. The van der Waals surface area contributed by atoms with Crippen molar-refractivity contribution in [3.8, 4) is 10.8 Å². The van der Waals surface area contributed by atoms with Gasteiger partial charge in [0.2, 0.25) is 0 Å². The van der Waals surface area contributed by atoms with Crippen LogP contribution >= 0.6 is 11.3 Å². The largest absolute Gasteiger partial charge is 0.391 e. The molecule has 2 heterocycles. The summed E-state index contributed by atoms with van der Waals surface area (Å²) in [5.41, 5.74) is 6.82. The van der Waals surface area contributed by atoms with Crippen molar-refractivity contribution in [2.24, 2.45) is 0 Å². The van der Waals surface area contributed by atoms with Crippen LogP contribution in [0.25, 0.3) is 10.8 Å². The summed E-state index contributed by atoms with van der Waals surface area (Å²) in [4.78, 5) is 5.39. The summed E-state index contributed by atoms with van der Waals surface area (Å²) < 4.78 is 5.24. The normalized spacial score (nSPS) is 15.8. The van der Waals surface area contributed by atoms with Crippen LogP contribution in [0.4, 0.5) is 5.00 Å². The third-order valence-corrected chi connectivity index (χ3v) is 3.57. The molecule has 0 spiro atoms. The third-order valence-electron chi connectivity index (χ3n) is 2.52. The fourth-order valence-electron chi connectivity index (χ4n) is 1.55. The zero-order valence-corrected chi connectivity index (χ0v) is 9.17. The lowest BCUT2D eigenvalue weighted by Gasteiger charge is -1.88. The fourth-order valence-corrected chi connectivity index (χ4v) is 2.42. The summed E-state index contributed by atoms with van der Waals surface area (Å²) in [5.74, 6) is 1.98. The standard InChI is InChI=1S/C10H11N3OS/c1-5-4-7(11)15-8(5)10-12-9(13-14-10)6-2-3-6/h4,6H,2-3,11H2,1H3. The maximum Gasteiger partial charge on any atom is 0.268 e. The number of nitrogens with two attached hydrogens (primary N) is 1. The molecule has 0 unspecified atom stereocenters. The van der Waals surface area contributed by atoms with Crippen molar-refractivity contribution in [3.63, 3.8) is 0 Å². The minimum atomic E-state index is 0.528. The summed E-state index contributed by atoms with van der Waals surface area (Å²) in [6, 6.07) is 1.93. The molecule has 1 saturated carbocycles. The molecule has 0 amide bonds. The molecule has 78 valence electrons. The first kappa shape index (κ1) is 8.91. The Hall–Kier alpha value is -1.36. The number of anilines is 1. The van der Waals surface area contributed by atoms with Gasteiger partial charge in [-0.05, 0) is 31.4 Å². The Bertz CT molecular complexity index is 498. The van der Waals surface area contributed by atoms with Crippen LogP contribution in [-0.2, 0) is 0 Å². The van der Waals surface area contributed by atoms with Gasteiger partial charge in [-0.15, -0.1) is 11.3 Å². The minimum absolute atomic E-state index is 0.528. The van der Waals surface area contributed by atoms with Crippen molar-refractivity contribution in [1.29, 1.82) is 0 Å². The molecule has 4 nitrogen and oxygen atoms in total. The van der Waals surface area contributed by atoms with Gasteiger partial charge in [0.25, 0.3) is 5.89 Å². The van der Waals surface area contributed by atoms with Crippen LogP contribution in [0.1, 0.15) is 30.1 Å². The molecule has 1 aliphatic rings. The Labute approximate surface area is 91.1 Å². The zero-order chi connectivity index (χ0) is 10.4. The van der Waals surface area contributed by atoms with Gasteiger partial charge >= 0.3 is 0 Å². The highest BCUT2D eigenvalue weighted by Crippen LogP contribution is 2.40. The second kappa shape index (κ2) is 3.06. The van der Waals surface area contributed by atoms with E-state index < -0.39 is 0 Å². The quantitative estimate of drug-likeness (QED) is 0.846. The summed E-state index contributed by atoms with van der Waals surface area (Å²) in [6.45, 7) is 2.00. The second-order valence-electron chi connectivity index (χ2n) is 3.89. The molecule has 1 aliphatic carbocycles. The molecule has 2 N–H and O–H groups in total. The lowest BCUT2D eigenvalue weighted by Crippen LogP contribution is -1.81. The van der Waals surface area contributed by atoms with Gasteiger partial charge in [-0.3, -0.25) is 0 Å². The van der Waals surface area contributed by atoms with Gasteiger partial charge in [0, 0.05) is 5.92 Å². The van der Waals surface area contributed by atoms with E-state index in [1.54, 1.807) is 0 Å². The van der Waals surface area contributed by atoms with Gasteiger partial charge in [0.05, 0.1) is 9.88 Å².